The van der Waals surface area contributed by atoms with E-state index in [2.05, 4.69) is 20.8 Å². The monoisotopic (exact) mass is 550 g/mol. The lowest BCUT2D eigenvalue weighted by Crippen LogP contribution is -2.45. The zero-order valence-electron chi connectivity index (χ0n) is 24.3. The average Bonchev–Trinajstić information content (AvgIpc) is 3.34. The minimum Gasteiger partial charge on any atom is -0.468 e. The van der Waals surface area contributed by atoms with Gasteiger partial charge < -0.3 is 18.9 Å². The first-order chi connectivity index (χ1) is 18.2. The van der Waals surface area contributed by atoms with E-state index in [0.29, 0.717) is 5.57 Å². The van der Waals surface area contributed by atoms with E-state index in [1.54, 1.807) is 0 Å². The van der Waals surface area contributed by atoms with Crippen LogP contribution in [0.4, 0.5) is 0 Å². The van der Waals surface area contributed by atoms with Crippen molar-refractivity contribution in [2.24, 2.45) is 5.41 Å². The number of rotatable bonds is 14. The van der Waals surface area contributed by atoms with Crippen LogP contribution in [0.3, 0.4) is 0 Å². The predicted molar refractivity (Wildman–Crippen MR) is 147 cm³/mol. The molecule has 214 valence electrons. The summed E-state index contributed by atoms with van der Waals surface area (Å²) in [6, 6.07) is 2.97. The average molecular weight is 551 g/mol. The van der Waals surface area contributed by atoms with E-state index >= 15 is 0 Å². The summed E-state index contributed by atoms with van der Waals surface area (Å²) in [5.74, 6) is -2.41. The molecule has 0 radical (unpaired) electrons. The Morgan fingerprint density at radius 2 is 1.21 bits per heavy atom. The molecule has 2 rings (SSSR count). The van der Waals surface area contributed by atoms with Gasteiger partial charge in [-0.2, -0.15) is 0 Å². The number of esters is 4. The highest BCUT2D eigenvalue weighted by Gasteiger charge is 2.59. The first kappa shape index (κ1) is 31.8. The van der Waals surface area contributed by atoms with E-state index in [4.69, 9.17) is 18.9 Å². The van der Waals surface area contributed by atoms with Crippen molar-refractivity contribution in [2.75, 3.05) is 28.4 Å². The molecule has 38 heavy (non-hydrogen) atoms. The Hall–Kier alpha value is -2.42. The Balaban J connectivity index is 2.91. The van der Waals surface area contributed by atoms with Gasteiger partial charge in [0.05, 0.1) is 47.7 Å². The minimum absolute atomic E-state index is 0.104. The fraction of sp³-hybridized carbons (Fsp3) is 0.724. The van der Waals surface area contributed by atoms with Crippen LogP contribution in [0.5, 0.6) is 0 Å². The summed E-state index contributed by atoms with van der Waals surface area (Å²) >= 11 is 0. The number of carbonyl (C=O) groups excluding carboxylic acids is 4. The van der Waals surface area contributed by atoms with Crippen LogP contribution in [-0.2, 0) is 38.1 Å². The molecule has 0 heterocycles. The van der Waals surface area contributed by atoms with Gasteiger partial charge in [-0.3, -0.25) is 9.59 Å². The molecule has 0 aromatic heterocycles. The number of carbonyl (C=O) groups is 4. The van der Waals surface area contributed by atoms with Crippen molar-refractivity contribution in [3.05, 3.63) is 22.3 Å². The van der Waals surface area contributed by atoms with Gasteiger partial charge in [0, 0.05) is 12.0 Å². The van der Waals surface area contributed by atoms with Gasteiger partial charge in [0.2, 0.25) is 0 Å². The molecule has 0 N–H and O–H groups in total. The zero-order chi connectivity index (χ0) is 28.5. The third-order valence-corrected chi connectivity index (χ3v) is 14.4. The fourth-order valence-corrected chi connectivity index (χ4v) is 13.4. The summed E-state index contributed by atoms with van der Waals surface area (Å²) in [5, 5.41) is 0. The van der Waals surface area contributed by atoms with Gasteiger partial charge >= 0.3 is 23.9 Å². The molecule has 9 heteroatoms. The number of hydrogen-bond donors (Lipinski definition) is 0. The van der Waals surface area contributed by atoms with Crippen molar-refractivity contribution in [3.8, 4) is 0 Å². The third kappa shape index (κ3) is 6.08. The lowest BCUT2D eigenvalue weighted by Gasteiger charge is -2.44. The van der Waals surface area contributed by atoms with Crippen molar-refractivity contribution >= 4 is 32.0 Å². The van der Waals surface area contributed by atoms with Crippen LogP contribution in [0, 0.1) is 5.41 Å². The predicted octanol–water partition coefficient (Wildman–Crippen LogP) is 5.67. The number of unbranched alkanes of at least 4 members (excludes halogenated alkanes) is 3. The van der Waals surface area contributed by atoms with Crippen LogP contribution in [-0.4, -0.2) is 60.4 Å². The van der Waals surface area contributed by atoms with Gasteiger partial charge in [-0.1, -0.05) is 88.6 Å². The smallest absolute Gasteiger partial charge is 0.334 e. The van der Waals surface area contributed by atoms with Crippen molar-refractivity contribution in [1.29, 1.82) is 0 Å². The lowest BCUT2D eigenvalue weighted by molar-refractivity contribution is -0.168. The highest BCUT2D eigenvalue weighted by molar-refractivity contribution is 6.83. The molecule has 0 spiro atoms. The molecular formula is C29H46O8Si. The van der Waals surface area contributed by atoms with Crippen molar-refractivity contribution < 1.29 is 38.1 Å². The van der Waals surface area contributed by atoms with Gasteiger partial charge in [-0.05, 0) is 12.8 Å². The Kier molecular flexibility index (Phi) is 11.8. The summed E-state index contributed by atoms with van der Waals surface area (Å²) < 4.78 is 20.7. The van der Waals surface area contributed by atoms with E-state index in [1.807, 2.05) is 0 Å². The molecule has 0 saturated heterocycles. The second-order valence-electron chi connectivity index (χ2n) is 10.7. The topological polar surface area (TPSA) is 105 Å². The van der Waals surface area contributed by atoms with E-state index in [-0.39, 0.29) is 30.4 Å². The van der Waals surface area contributed by atoms with E-state index < -0.39 is 37.4 Å². The quantitative estimate of drug-likeness (QED) is 0.0895. The van der Waals surface area contributed by atoms with Crippen molar-refractivity contribution in [3.63, 3.8) is 0 Å². The molecule has 0 amide bonds. The Bertz CT molecular complexity index is 926. The second kappa shape index (κ2) is 14.1. The fourth-order valence-electron chi connectivity index (χ4n) is 6.62. The van der Waals surface area contributed by atoms with Crippen LogP contribution >= 0.6 is 0 Å². The maximum Gasteiger partial charge on any atom is 0.334 e. The third-order valence-electron chi connectivity index (χ3n) is 8.50. The summed E-state index contributed by atoms with van der Waals surface area (Å²) in [4.78, 5) is 53.0. The van der Waals surface area contributed by atoms with Gasteiger partial charge in [0.1, 0.15) is 0 Å². The molecular weight excluding hydrogens is 504 g/mol. The Morgan fingerprint density at radius 3 is 1.61 bits per heavy atom. The normalized spacial score (nSPS) is 18.7. The van der Waals surface area contributed by atoms with Crippen LogP contribution < -0.4 is 0 Å². The van der Waals surface area contributed by atoms with Gasteiger partial charge in [0.15, 0.2) is 5.41 Å². The highest BCUT2D eigenvalue weighted by Crippen LogP contribution is 2.59. The Labute approximate surface area is 228 Å². The minimum atomic E-state index is -2.37. The van der Waals surface area contributed by atoms with Crippen molar-refractivity contribution in [2.45, 2.75) is 102 Å². The largest absolute Gasteiger partial charge is 0.468 e. The Morgan fingerprint density at radius 1 is 0.737 bits per heavy atom. The standard InChI is InChI=1S/C29H46O8Si/c1-8-11-14-38(15-12-9-2,16-13-10-3)24-22-19-29(27(32)36-6,28(33)37-7)18-20(22)17-21(25(30)34-4)23(24)26(31)35-5/h24H,8-19H2,1-7H3. The van der Waals surface area contributed by atoms with E-state index in [0.717, 1.165) is 67.8 Å². The molecule has 0 bridgehead atoms. The van der Waals surface area contributed by atoms with E-state index in [1.165, 1.54) is 28.4 Å². The lowest BCUT2D eigenvalue weighted by atomic mass is 9.83. The van der Waals surface area contributed by atoms with E-state index in [9.17, 15) is 19.2 Å². The summed E-state index contributed by atoms with van der Waals surface area (Å²) in [6.45, 7) is 6.49. The van der Waals surface area contributed by atoms with Gasteiger partial charge in [-0.25, -0.2) is 9.59 Å². The summed E-state index contributed by atoms with van der Waals surface area (Å²) in [7, 11) is 2.81. The molecule has 2 aliphatic carbocycles. The molecule has 0 aromatic carbocycles. The number of ether oxygens (including phenoxy) is 4. The highest BCUT2D eigenvalue weighted by atomic mass is 28.3. The number of allylic oxidation sites excluding steroid dienone is 2. The van der Waals surface area contributed by atoms with Crippen LogP contribution in [0.25, 0.3) is 0 Å². The van der Waals surface area contributed by atoms with Crippen molar-refractivity contribution in [1.82, 2.24) is 0 Å². The molecule has 0 aromatic rings. The molecule has 0 saturated carbocycles. The maximum absolute atomic E-state index is 13.5. The summed E-state index contributed by atoms with van der Waals surface area (Å²) in [5.41, 5.74) is 0.575. The van der Waals surface area contributed by atoms with Gasteiger partial charge in [0.25, 0.3) is 0 Å². The second-order valence-corrected chi connectivity index (χ2v) is 15.5. The maximum atomic E-state index is 13.5. The van der Waals surface area contributed by atoms with Crippen LogP contribution in [0.15, 0.2) is 22.3 Å². The summed E-state index contributed by atoms with van der Waals surface area (Å²) in [6.07, 6.45) is 6.45. The zero-order valence-corrected chi connectivity index (χ0v) is 25.3. The molecule has 1 unspecified atom stereocenters. The molecule has 0 fully saturated rings. The molecule has 8 nitrogen and oxygen atoms in total. The molecule has 2 aliphatic rings. The number of methoxy groups -OCH3 is 4. The number of hydrogen-bond acceptors (Lipinski definition) is 8. The van der Waals surface area contributed by atoms with Crippen LogP contribution in [0.2, 0.25) is 23.7 Å². The first-order valence-electron chi connectivity index (χ1n) is 13.9. The first-order valence-corrected chi connectivity index (χ1v) is 16.6. The molecule has 1 atom stereocenters. The van der Waals surface area contributed by atoms with Crippen LogP contribution in [0.1, 0.15) is 78.6 Å². The van der Waals surface area contributed by atoms with Gasteiger partial charge in [-0.15, -0.1) is 0 Å². The SMILES string of the molecule is CCCC[Si](CCCC)(CCCC)C1C2=C(CC(C(=O)OC)=C1C(=O)OC)CC(C(=O)OC)(C(=O)OC)C2. The molecule has 0 aliphatic heterocycles.